The first-order valence-corrected chi connectivity index (χ1v) is 8.09. The summed E-state index contributed by atoms with van der Waals surface area (Å²) in [7, 11) is 0. The van der Waals surface area contributed by atoms with Crippen molar-refractivity contribution >= 4 is 11.6 Å². The number of para-hydroxylation sites is 1. The van der Waals surface area contributed by atoms with Crippen molar-refractivity contribution in [2.24, 2.45) is 5.92 Å². The summed E-state index contributed by atoms with van der Waals surface area (Å²) in [4.78, 5) is 14.5. The number of benzene rings is 1. The highest BCUT2D eigenvalue weighted by Crippen LogP contribution is 2.27. The van der Waals surface area contributed by atoms with Gasteiger partial charge in [-0.05, 0) is 44.4 Å². The van der Waals surface area contributed by atoms with Crippen LogP contribution in [0.15, 0.2) is 24.3 Å². The molecule has 1 amide bonds. The number of amides is 1. The third-order valence-electron chi connectivity index (χ3n) is 4.75. The standard InChI is InChI=1S/C17H25N3O/c1-13-15(7-10-18-13)17(21)19-9-4-11-20-12-8-14-5-2-3-6-16(14)20/h2-3,5-6,13,15,18H,4,7-12H2,1H3,(H,19,21). The molecule has 0 aliphatic carbocycles. The van der Waals surface area contributed by atoms with Crippen molar-refractivity contribution in [3.05, 3.63) is 29.8 Å². The van der Waals surface area contributed by atoms with E-state index in [4.69, 9.17) is 0 Å². The van der Waals surface area contributed by atoms with Crippen LogP contribution in [0.4, 0.5) is 5.69 Å². The zero-order chi connectivity index (χ0) is 14.7. The number of carbonyl (C=O) groups excluding carboxylic acids is 1. The molecule has 0 saturated carbocycles. The van der Waals surface area contributed by atoms with E-state index in [1.54, 1.807) is 0 Å². The van der Waals surface area contributed by atoms with E-state index < -0.39 is 0 Å². The highest BCUT2D eigenvalue weighted by atomic mass is 16.1. The zero-order valence-corrected chi connectivity index (χ0v) is 12.8. The van der Waals surface area contributed by atoms with E-state index in [0.29, 0.717) is 6.04 Å². The van der Waals surface area contributed by atoms with E-state index in [0.717, 1.165) is 45.4 Å². The number of fused-ring (bicyclic) bond motifs is 1. The molecule has 2 aliphatic rings. The molecule has 2 heterocycles. The van der Waals surface area contributed by atoms with Crippen molar-refractivity contribution in [3.63, 3.8) is 0 Å². The van der Waals surface area contributed by atoms with E-state index in [-0.39, 0.29) is 11.8 Å². The first-order chi connectivity index (χ1) is 10.3. The van der Waals surface area contributed by atoms with E-state index in [1.807, 2.05) is 0 Å². The maximum absolute atomic E-state index is 12.1. The number of hydrogen-bond acceptors (Lipinski definition) is 3. The molecule has 114 valence electrons. The lowest BCUT2D eigenvalue weighted by Gasteiger charge is -2.20. The SMILES string of the molecule is CC1NCCC1C(=O)NCCCN1CCc2ccccc21. The highest BCUT2D eigenvalue weighted by Gasteiger charge is 2.28. The zero-order valence-electron chi connectivity index (χ0n) is 12.8. The van der Waals surface area contributed by atoms with Crippen LogP contribution < -0.4 is 15.5 Å². The van der Waals surface area contributed by atoms with E-state index >= 15 is 0 Å². The quantitative estimate of drug-likeness (QED) is 0.808. The van der Waals surface area contributed by atoms with Crippen LogP contribution in [0.2, 0.25) is 0 Å². The van der Waals surface area contributed by atoms with E-state index in [9.17, 15) is 4.79 Å². The van der Waals surface area contributed by atoms with Gasteiger partial charge in [0.1, 0.15) is 0 Å². The molecule has 1 saturated heterocycles. The van der Waals surface area contributed by atoms with Crippen LogP contribution in [0.25, 0.3) is 0 Å². The van der Waals surface area contributed by atoms with Gasteiger partial charge in [-0.1, -0.05) is 18.2 Å². The third kappa shape index (κ3) is 3.21. The number of nitrogens with one attached hydrogen (secondary N) is 2. The average molecular weight is 287 g/mol. The number of nitrogens with zero attached hydrogens (tertiary/aromatic N) is 1. The van der Waals surface area contributed by atoms with Gasteiger partial charge in [0, 0.05) is 31.4 Å². The first kappa shape index (κ1) is 14.4. The molecule has 3 rings (SSSR count). The third-order valence-corrected chi connectivity index (χ3v) is 4.75. The Bertz CT molecular complexity index is 503. The fraction of sp³-hybridized carbons (Fsp3) is 0.588. The Hall–Kier alpha value is -1.55. The number of carbonyl (C=O) groups is 1. The van der Waals surface area contributed by atoms with Gasteiger partial charge in [-0.3, -0.25) is 4.79 Å². The van der Waals surface area contributed by atoms with E-state index in [2.05, 4.69) is 46.7 Å². The molecule has 1 fully saturated rings. The van der Waals surface area contributed by atoms with Gasteiger partial charge in [0.15, 0.2) is 0 Å². The molecule has 0 radical (unpaired) electrons. The molecular weight excluding hydrogens is 262 g/mol. The smallest absolute Gasteiger partial charge is 0.224 e. The minimum absolute atomic E-state index is 0.150. The lowest BCUT2D eigenvalue weighted by molar-refractivity contribution is -0.125. The topological polar surface area (TPSA) is 44.4 Å². The van der Waals surface area contributed by atoms with Crippen molar-refractivity contribution in [1.29, 1.82) is 0 Å². The second-order valence-electron chi connectivity index (χ2n) is 6.15. The number of hydrogen-bond donors (Lipinski definition) is 2. The van der Waals surface area contributed by atoms with Crippen LogP contribution in [0, 0.1) is 5.92 Å². The maximum atomic E-state index is 12.1. The Labute approximate surface area is 126 Å². The van der Waals surface area contributed by atoms with Crippen molar-refractivity contribution in [2.75, 3.05) is 31.1 Å². The largest absolute Gasteiger partial charge is 0.371 e. The summed E-state index contributed by atoms with van der Waals surface area (Å²) < 4.78 is 0. The lowest BCUT2D eigenvalue weighted by Crippen LogP contribution is -2.38. The monoisotopic (exact) mass is 287 g/mol. The van der Waals surface area contributed by atoms with Crippen LogP contribution in [-0.4, -0.2) is 38.1 Å². The van der Waals surface area contributed by atoms with Gasteiger partial charge in [-0.25, -0.2) is 0 Å². The Morgan fingerprint density at radius 2 is 2.29 bits per heavy atom. The molecular formula is C17H25N3O. The van der Waals surface area contributed by atoms with Crippen LogP contribution >= 0.6 is 0 Å². The predicted molar refractivity (Wildman–Crippen MR) is 85.6 cm³/mol. The van der Waals surface area contributed by atoms with Crippen LogP contribution in [0.3, 0.4) is 0 Å². The van der Waals surface area contributed by atoms with Crippen molar-refractivity contribution in [1.82, 2.24) is 10.6 Å². The summed E-state index contributed by atoms with van der Waals surface area (Å²) in [6.07, 6.45) is 3.12. The van der Waals surface area contributed by atoms with Crippen LogP contribution in [-0.2, 0) is 11.2 Å². The van der Waals surface area contributed by atoms with Crippen LogP contribution in [0.5, 0.6) is 0 Å². The maximum Gasteiger partial charge on any atom is 0.224 e. The van der Waals surface area contributed by atoms with Gasteiger partial charge in [0.25, 0.3) is 0 Å². The molecule has 21 heavy (non-hydrogen) atoms. The molecule has 2 N–H and O–H groups in total. The fourth-order valence-electron chi connectivity index (χ4n) is 3.47. The molecule has 0 aromatic heterocycles. The molecule has 2 atom stereocenters. The van der Waals surface area contributed by atoms with Crippen LogP contribution in [0.1, 0.15) is 25.3 Å². The van der Waals surface area contributed by atoms with Gasteiger partial charge >= 0.3 is 0 Å². The van der Waals surface area contributed by atoms with Gasteiger partial charge in [-0.2, -0.15) is 0 Å². The molecule has 2 aliphatic heterocycles. The fourth-order valence-corrected chi connectivity index (χ4v) is 3.47. The normalized spacial score (nSPS) is 24.1. The summed E-state index contributed by atoms with van der Waals surface area (Å²) in [5.74, 6) is 0.367. The minimum Gasteiger partial charge on any atom is -0.371 e. The molecule has 1 aromatic carbocycles. The van der Waals surface area contributed by atoms with Gasteiger partial charge in [0.05, 0.1) is 5.92 Å². The second kappa shape index (κ2) is 6.48. The van der Waals surface area contributed by atoms with E-state index in [1.165, 1.54) is 11.3 Å². The molecule has 4 heteroatoms. The highest BCUT2D eigenvalue weighted by molar-refractivity contribution is 5.79. The Balaban J connectivity index is 1.40. The molecule has 4 nitrogen and oxygen atoms in total. The Morgan fingerprint density at radius 3 is 3.10 bits per heavy atom. The Kier molecular flexibility index (Phi) is 4.44. The summed E-state index contributed by atoms with van der Waals surface area (Å²) >= 11 is 0. The van der Waals surface area contributed by atoms with Gasteiger partial charge < -0.3 is 15.5 Å². The predicted octanol–water partition coefficient (Wildman–Crippen LogP) is 1.55. The van der Waals surface area contributed by atoms with Gasteiger partial charge in [0.2, 0.25) is 5.91 Å². The number of anilines is 1. The number of rotatable bonds is 5. The Morgan fingerprint density at radius 1 is 1.43 bits per heavy atom. The summed E-state index contributed by atoms with van der Waals surface area (Å²) in [6, 6.07) is 8.95. The average Bonchev–Trinajstić information content (AvgIpc) is 3.10. The minimum atomic E-state index is 0.150. The van der Waals surface area contributed by atoms with Crippen molar-refractivity contribution in [3.8, 4) is 0 Å². The summed E-state index contributed by atoms with van der Waals surface area (Å²) in [5, 5.41) is 6.42. The van der Waals surface area contributed by atoms with Crippen molar-refractivity contribution in [2.45, 2.75) is 32.2 Å². The lowest BCUT2D eigenvalue weighted by atomic mass is 10.0. The molecule has 0 spiro atoms. The second-order valence-corrected chi connectivity index (χ2v) is 6.15. The summed E-state index contributed by atoms with van der Waals surface area (Å²) in [6.45, 7) is 5.97. The first-order valence-electron chi connectivity index (χ1n) is 8.09. The molecule has 1 aromatic rings. The molecule has 0 bridgehead atoms. The summed E-state index contributed by atoms with van der Waals surface area (Å²) in [5.41, 5.74) is 2.82. The van der Waals surface area contributed by atoms with Gasteiger partial charge in [-0.15, -0.1) is 0 Å². The molecule has 2 unspecified atom stereocenters. The van der Waals surface area contributed by atoms with Crippen molar-refractivity contribution < 1.29 is 4.79 Å².